The van der Waals surface area contributed by atoms with Crippen molar-refractivity contribution in [2.24, 2.45) is 12.5 Å². The predicted octanol–water partition coefficient (Wildman–Crippen LogP) is 2.14. The average Bonchev–Trinajstić information content (AvgIpc) is 3.20. The number of aryl methyl sites for hydroxylation is 1. The number of likely N-dealkylation sites (tertiary alicyclic amines) is 1. The Morgan fingerprint density at radius 1 is 1.26 bits per heavy atom. The summed E-state index contributed by atoms with van der Waals surface area (Å²) >= 11 is 0. The van der Waals surface area contributed by atoms with Gasteiger partial charge in [0.15, 0.2) is 0 Å². The average molecular weight is 481 g/mol. The van der Waals surface area contributed by atoms with Crippen LogP contribution >= 0.6 is 0 Å². The molecule has 184 valence electrons. The minimum absolute atomic E-state index is 0.232. The zero-order valence-corrected chi connectivity index (χ0v) is 20.1. The van der Waals surface area contributed by atoms with Gasteiger partial charge in [0.1, 0.15) is 18.0 Å². The summed E-state index contributed by atoms with van der Waals surface area (Å²) in [6, 6.07) is 4.96. The number of aliphatic hydroxyl groups is 1. The Kier molecular flexibility index (Phi) is 5.68. The fourth-order valence-electron chi connectivity index (χ4n) is 5.43. The fraction of sp³-hybridized carbons (Fsp3) is 0.480. The van der Waals surface area contributed by atoms with E-state index in [9.17, 15) is 14.7 Å². The van der Waals surface area contributed by atoms with Gasteiger partial charge in [-0.05, 0) is 30.5 Å². The van der Waals surface area contributed by atoms with Crippen molar-refractivity contribution in [1.29, 1.82) is 0 Å². The minimum atomic E-state index is -1.40. The number of nitrogens with one attached hydrogen (secondary N) is 1. The van der Waals surface area contributed by atoms with E-state index in [0.717, 1.165) is 5.82 Å². The van der Waals surface area contributed by atoms with E-state index in [2.05, 4.69) is 25.3 Å². The number of amides is 2. The van der Waals surface area contributed by atoms with Gasteiger partial charge in [-0.3, -0.25) is 29.5 Å². The lowest BCUT2D eigenvalue weighted by Gasteiger charge is -2.50. The number of hydrogen-bond acceptors (Lipinski definition) is 7. The van der Waals surface area contributed by atoms with E-state index in [-0.39, 0.29) is 23.3 Å². The molecule has 10 heteroatoms. The van der Waals surface area contributed by atoms with Gasteiger partial charge in [0, 0.05) is 49.1 Å². The van der Waals surface area contributed by atoms with Gasteiger partial charge in [-0.1, -0.05) is 19.9 Å². The van der Waals surface area contributed by atoms with Crippen LogP contribution < -0.4 is 5.32 Å². The second kappa shape index (κ2) is 8.46. The molecule has 35 heavy (non-hydrogen) atoms. The molecule has 2 N–H and O–H groups in total. The van der Waals surface area contributed by atoms with E-state index in [1.807, 2.05) is 20.9 Å². The molecule has 2 amide bonds. The SMILES string of the molecule is Cn1ncnc1CN1CCC(O)(c2ccc3ncc(C4CCC(=O)NC4=O)cc3c2F)C(C)(C)C1. The minimum Gasteiger partial charge on any atom is -0.384 e. The zero-order chi connectivity index (χ0) is 25.0. The number of pyridine rings is 1. The van der Waals surface area contributed by atoms with Crippen LogP contribution in [0.3, 0.4) is 0 Å². The van der Waals surface area contributed by atoms with Crippen molar-refractivity contribution in [2.45, 2.75) is 51.2 Å². The number of rotatable bonds is 4. The molecule has 0 spiro atoms. The number of nitrogens with zero attached hydrogens (tertiary/aromatic N) is 5. The van der Waals surface area contributed by atoms with Crippen molar-refractivity contribution in [3.63, 3.8) is 0 Å². The van der Waals surface area contributed by atoms with Gasteiger partial charge in [-0.2, -0.15) is 5.10 Å². The summed E-state index contributed by atoms with van der Waals surface area (Å²) in [5.74, 6) is -0.954. The molecule has 0 radical (unpaired) electrons. The first-order chi connectivity index (χ1) is 16.6. The lowest BCUT2D eigenvalue weighted by molar-refractivity contribution is -0.134. The molecule has 2 aromatic heterocycles. The normalized spacial score (nSPS) is 25.1. The molecule has 2 atom stereocenters. The number of benzene rings is 1. The Bertz CT molecular complexity index is 1320. The molecule has 0 saturated carbocycles. The second-order valence-corrected chi connectivity index (χ2v) is 10.3. The molecule has 9 nitrogen and oxygen atoms in total. The number of aromatic nitrogens is 4. The quantitative estimate of drug-likeness (QED) is 0.550. The topological polar surface area (TPSA) is 113 Å². The molecular weight excluding hydrogens is 451 g/mol. The lowest BCUT2D eigenvalue weighted by atomic mass is 9.66. The maximum Gasteiger partial charge on any atom is 0.234 e. The maximum absolute atomic E-state index is 16.0. The highest BCUT2D eigenvalue weighted by atomic mass is 19.1. The van der Waals surface area contributed by atoms with Gasteiger partial charge in [-0.25, -0.2) is 9.37 Å². The highest BCUT2D eigenvalue weighted by Gasteiger charge is 2.50. The molecule has 2 aliphatic rings. The third kappa shape index (κ3) is 4.00. The number of carbonyl (C=O) groups excluding carboxylic acids is 2. The van der Waals surface area contributed by atoms with Gasteiger partial charge in [0.05, 0.1) is 23.6 Å². The maximum atomic E-state index is 16.0. The molecule has 3 aromatic rings. The van der Waals surface area contributed by atoms with Crippen molar-refractivity contribution in [1.82, 2.24) is 30.0 Å². The Labute approximate surface area is 202 Å². The summed E-state index contributed by atoms with van der Waals surface area (Å²) in [5, 5.41) is 18.6. The van der Waals surface area contributed by atoms with Gasteiger partial charge in [-0.15, -0.1) is 0 Å². The van der Waals surface area contributed by atoms with Crippen molar-refractivity contribution in [3.8, 4) is 0 Å². The second-order valence-electron chi connectivity index (χ2n) is 10.3. The van der Waals surface area contributed by atoms with E-state index in [1.165, 1.54) is 6.33 Å². The first-order valence-electron chi connectivity index (χ1n) is 11.8. The summed E-state index contributed by atoms with van der Waals surface area (Å²) in [5.41, 5.74) is -0.818. The first-order valence-corrected chi connectivity index (χ1v) is 11.8. The van der Waals surface area contributed by atoms with E-state index in [0.29, 0.717) is 43.6 Å². The van der Waals surface area contributed by atoms with Crippen LogP contribution in [0.5, 0.6) is 0 Å². The number of fused-ring (bicyclic) bond motifs is 1. The summed E-state index contributed by atoms with van der Waals surface area (Å²) < 4.78 is 17.7. The van der Waals surface area contributed by atoms with Crippen LogP contribution in [0.1, 0.15) is 56.0 Å². The number of hydrogen-bond donors (Lipinski definition) is 2. The summed E-state index contributed by atoms with van der Waals surface area (Å²) in [7, 11) is 1.84. The largest absolute Gasteiger partial charge is 0.384 e. The molecule has 2 aliphatic heterocycles. The van der Waals surface area contributed by atoms with E-state index >= 15 is 4.39 Å². The molecule has 0 bridgehead atoms. The molecule has 4 heterocycles. The standard InChI is InChI=1S/C25H29FN6O3/c1-24(2)13-32(12-20-28-14-29-31(20)3)9-8-25(24,35)18-5-6-19-17(22(18)26)10-15(11-27-19)16-4-7-21(33)30-23(16)34/h5-6,10-11,14,16,35H,4,7-9,12-13H2,1-3H3,(H,30,33,34). The third-order valence-corrected chi connectivity index (χ3v) is 7.61. The van der Waals surface area contributed by atoms with Crippen molar-refractivity contribution >= 4 is 22.7 Å². The first kappa shape index (κ1) is 23.5. The van der Waals surface area contributed by atoms with Crippen LogP contribution in [-0.2, 0) is 28.8 Å². The summed E-state index contributed by atoms with van der Waals surface area (Å²) in [6.45, 7) is 5.59. The number of carbonyl (C=O) groups is 2. The predicted molar refractivity (Wildman–Crippen MR) is 125 cm³/mol. The zero-order valence-electron chi connectivity index (χ0n) is 20.1. The number of piperidine rings is 2. The summed E-state index contributed by atoms with van der Waals surface area (Å²) in [4.78, 5) is 34.7. The van der Waals surface area contributed by atoms with E-state index in [1.54, 1.807) is 29.1 Å². The Balaban J connectivity index is 1.46. The van der Waals surface area contributed by atoms with Crippen LogP contribution in [-0.4, -0.2) is 54.7 Å². The van der Waals surface area contributed by atoms with E-state index in [4.69, 9.17) is 0 Å². The fourth-order valence-corrected chi connectivity index (χ4v) is 5.43. The lowest BCUT2D eigenvalue weighted by Crippen LogP contribution is -2.55. The molecular formula is C25H29FN6O3. The van der Waals surface area contributed by atoms with Gasteiger partial charge in [0.25, 0.3) is 0 Å². The Morgan fingerprint density at radius 2 is 2.06 bits per heavy atom. The van der Waals surface area contributed by atoms with Crippen LogP contribution in [0.25, 0.3) is 10.9 Å². The van der Waals surface area contributed by atoms with Crippen LogP contribution in [0.2, 0.25) is 0 Å². The van der Waals surface area contributed by atoms with Crippen molar-refractivity contribution in [2.75, 3.05) is 13.1 Å². The monoisotopic (exact) mass is 480 g/mol. The molecule has 1 aromatic carbocycles. The van der Waals surface area contributed by atoms with Gasteiger partial charge in [0.2, 0.25) is 11.8 Å². The third-order valence-electron chi connectivity index (χ3n) is 7.61. The van der Waals surface area contributed by atoms with Crippen LogP contribution in [0.15, 0.2) is 30.7 Å². The van der Waals surface area contributed by atoms with Gasteiger partial charge < -0.3 is 5.11 Å². The van der Waals surface area contributed by atoms with E-state index < -0.39 is 28.7 Å². The van der Waals surface area contributed by atoms with Crippen LogP contribution in [0.4, 0.5) is 4.39 Å². The van der Waals surface area contributed by atoms with Crippen LogP contribution in [0, 0.1) is 11.2 Å². The van der Waals surface area contributed by atoms with Gasteiger partial charge >= 0.3 is 0 Å². The number of halogens is 1. The Morgan fingerprint density at radius 3 is 2.74 bits per heavy atom. The molecule has 2 unspecified atom stereocenters. The number of imide groups is 1. The molecule has 2 fully saturated rings. The van der Waals surface area contributed by atoms with Crippen molar-refractivity contribution < 1.29 is 19.1 Å². The summed E-state index contributed by atoms with van der Waals surface area (Å²) in [6.07, 6.45) is 4.02. The Hall–Kier alpha value is -3.24. The molecule has 5 rings (SSSR count). The smallest absolute Gasteiger partial charge is 0.234 e. The highest BCUT2D eigenvalue weighted by Crippen LogP contribution is 2.47. The molecule has 2 saturated heterocycles. The molecule has 0 aliphatic carbocycles. The van der Waals surface area contributed by atoms with Crippen molar-refractivity contribution in [3.05, 3.63) is 53.5 Å². The highest BCUT2D eigenvalue weighted by molar-refractivity contribution is 6.01.